The Balaban J connectivity index is 1.83. The number of amides is 1. The Hall–Kier alpha value is -2.54. The molecule has 0 fully saturated rings. The number of aromatic hydroxyl groups is 1. The fourth-order valence-electron chi connectivity index (χ4n) is 3.30. The van der Waals surface area contributed by atoms with Gasteiger partial charge >= 0.3 is 5.63 Å². The third-order valence-electron chi connectivity index (χ3n) is 4.72. The number of anilines is 1. The van der Waals surface area contributed by atoms with E-state index in [2.05, 4.69) is 5.32 Å². The molecule has 1 heterocycles. The molecular weight excluding hydrogens is 427 g/mol. The first kappa shape index (κ1) is 22.2. The first-order valence-corrected chi connectivity index (χ1v) is 10.3. The van der Waals surface area contributed by atoms with Gasteiger partial charge in [0.15, 0.2) is 0 Å². The summed E-state index contributed by atoms with van der Waals surface area (Å²) in [4.78, 5) is 26.6. The van der Waals surface area contributed by atoms with Crippen molar-refractivity contribution in [1.29, 1.82) is 0 Å². The molecule has 0 saturated heterocycles. The molecule has 30 heavy (non-hydrogen) atoms. The standard InChI is InChI=1S/C22H22Cl2N2O4/c1-3-8-26(12-20(28)25-18-6-4-15(23)10-17(18)24)11-14-9-21(29)30-22-13(2)19(27)7-5-16(14)22/h4-7,9-10,27H,3,8,11-12H2,1-2H3,(H,25,28). The minimum absolute atomic E-state index is 0.0624. The number of aryl methyl sites for hydroxylation is 1. The number of carbonyl (C=O) groups is 1. The molecule has 3 aromatic rings. The van der Waals surface area contributed by atoms with Crippen molar-refractivity contribution in [2.75, 3.05) is 18.4 Å². The van der Waals surface area contributed by atoms with Gasteiger partial charge in [-0.3, -0.25) is 9.69 Å². The number of rotatable bonds is 7. The fourth-order valence-corrected chi connectivity index (χ4v) is 3.76. The molecule has 158 valence electrons. The van der Waals surface area contributed by atoms with E-state index in [0.29, 0.717) is 40.0 Å². The van der Waals surface area contributed by atoms with Crippen molar-refractivity contribution in [3.8, 4) is 5.75 Å². The SMILES string of the molecule is CCCN(CC(=O)Nc1ccc(Cl)cc1Cl)Cc1cc(=O)oc2c(C)c(O)ccc12. The van der Waals surface area contributed by atoms with Crippen LogP contribution in [0.5, 0.6) is 5.75 Å². The number of nitrogens with zero attached hydrogens (tertiary/aromatic N) is 1. The second kappa shape index (κ2) is 9.51. The van der Waals surface area contributed by atoms with Crippen LogP contribution in [-0.2, 0) is 11.3 Å². The molecule has 0 spiro atoms. The van der Waals surface area contributed by atoms with E-state index in [1.165, 1.54) is 6.07 Å². The van der Waals surface area contributed by atoms with Crippen LogP contribution in [0.15, 0.2) is 45.6 Å². The molecule has 6 nitrogen and oxygen atoms in total. The lowest BCUT2D eigenvalue weighted by Gasteiger charge is -2.22. The van der Waals surface area contributed by atoms with E-state index in [0.717, 1.165) is 17.4 Å². The summed E-state index contributed by atoms with van der Waals surface area (Å²) in [5.41, 5.74) is 1.57. The number of halogens is 2. The van der Waals surface area contributed by atoms with Gasteiger partial charge in [-0.25, -0.2) is 4.79 Å². The number of benzene rings is 2. The highest BCUT2D eigenvalue weighted by Gasteiger charge is 2.16. The zero-order valence-electron chi connectivity index (χ0n) is 16.7. The van der Waals surface area contributed by atoms with Crippen LogP contribution in [0.2, 0.25) is 10.0 Å². The Kier molecular flexibility index (Phi) is 7.02. The van der Waals surface area contributed by atoms with Crippen LogP contribution in [0.25, 0.3) is 11.0 Å². The molecule has 0 bridgehead atoms. The Morgan fingerprint density at radius 2 is 1.97 bits per heavy atom. The van der Waals surface area contributed by atoms with Crippen LogP contribution in [0.4, 0.5) is 5.69 Å². The van der Waals surface area contributed by atoms with Crippen molar-refractivity contribution in [3.05, 3.63) is 68.0 Å². The maximum absolute atomic E-state index is 12.6. The third-order valence-corrected chi connectivity index (χ3v) is 5.27. The topological polar surface area (TPSA) is 82.8 Å². The molecule has 8 heteroatoms. The average Bonchev–Trinajstić information content (AvgIpc) is 2.67. The first-order chi connectivity index (χ1) is 14.3. The predicted octanol–water partition coefficient (Wildman–Crippen LogP) is 4.96. The van der Waals surface area contributed by atoms with Crippen LogP contribution < -0.4 is 10.9 Å². The highest BCUT2D eigenvalue weighted by molar-refractivity contribution is 6.36. The van der Waals surface area contributed by atoms with Gasteiger partial charge in [0.25, 0.3) is 0 Å². The lowest BCUT2D eigenvalue weighted by molar-refractivity contribution is -0.117. The smallest absolute Gasteiger partial charge is 0.336 e. The molecule has 0 aliphatic heterocycles. The number of hydrogen-bond donors (Lipinski definition) is 2. The van der Waals surface area contributed by atoms with Crippen LogP contribution >= 0.6 is 23.2 Å². The van der Waals surface area contributed by atoms with Crippen molar-refractivity contribution in [1.82, 2.24) is 4.90 Å². The number of nitrogens with one attached hydrogen (secondary N) is 1. The number of fused-ring (bicyclic) bond motifs is 1. The van der Waals surface area contributed by atoms with Gasteiger partial charge in [0.1, 0.15) is 11.3 Å². The molecule has 0 saturated carbocycles. The Labute approximate surface area is 184 Å². The molecule has 1 amide bonds. The van der Waals surface area contributed by atoms with Crippen LogP contribution in [0.3, 0.4) is 0 Å². The van der Waals surface area contributed by atoms with E-state index in [-0.39, 0.29) is 18.2 Å². The van der Waals surface area contributed by atoms with Crippen LogP contribution in [-0.4, -0.2) is 29.0 Å². The predicted molar refractivity (Wildman–Crippen MR) is 120 cm³/mol. The summed E-state index contributed by atoms with van der Waals surface area (Å²) >= 11 is 12.0. The van der Waals surface area contributed by atoms with Gasteiger partial charge in [-0.15, -0.1) is 0 Å². The summed E-state index contributed by atoms with van der Waals surface area (Å²) in [6.45, 7) is 4.85. The third kappa shape index (κ3) is 5.14. The number of hydrogen-bond acceptors (Lipinski definition) is 5. The summed E-state index contributed by atoms with van der Waals surface area (Å²) < 4.78 is 5.30. The molecule has 2 N–H and O–H groups in total. The quantitative estimate of drug-likeness (QED) is 0.498. The largest absolute Gasteiger partial charge is 0.508 e. The van der Waals surface area contributed by atoms with Gasteiger partial charge in [-0.05, 0) is 55.8 Å². The number of carbonyl (C=O) groups excluding carboxylic acids is 1. The van der Waals surface area contributed by atoms with Crippen molar-refractivity contribution in [2.24, 2.45) is 0 Å². The van der Waals surface area contributed by atoms with E-state index in [4.69, 9.17) is 27.6 Å². The van der Waals surface area contributed by atoms with E-state index >= 15 is 0 Å². The van der Waals surface area contributed by atoms with Crippen molar-refractivity contribution in [3.63, 3.8) is 0 Å². The zero-order valence-corrected chi connectivity index (χ0v) is 18.2. The van der Waals surface area contributed by atoms with E-state index in [1.807, 2.05) is 11.8 Å². The molecule has 0 unspecified atom stereocenters. The normalized spacial score (nSPS) is 11.2. The molecule has 0 aliphatic carbocycles. The minimum Gasteiger partial charge on any atom is -0.508 e. The summed E-state index contributed by atoms with van der Waals surface area (Å²) in [7, 11) is 0. The minimum atomic E-state index is -0.500. The molecular formula is C22H22Cl2N2O4. The van der Waals surface area contributed by atoms with E-state index in [9.17, 15) is 14.7 Å². The first-order valence-electron chi connectivity index (χ1n) is 9.51. The van der Waals surface area contributed by atoms with Crippen molar-refractivity contribution in [2.45, 2.75) is 26.8 Å². The Bertz CT molecular complexity index is 1140. The van der Waals surface area contributed by atoms with Gasteiger partial charge in [-0.1, -0.05) is 30.1 Å². The fraction of sp³-hybridized carbons (Fsp3) is 0.273. The van der Waals surface area contributed by atoms with Crippen LogP contribution in [0, 0.1) is 6.92 Å². The summed E-state index contributed by atoms with van der Waals surface area (Å²) in [6, 6.07) is 9.58. The monoisotopic (exact) mass is 448 g/mol. The second-order valence-corrected chi connectivity index (χ2v) is 7.90. The molecule has 0 aliphatic rings. The van der Waals surface area contributed by atoms with E-state index in [1.54, 1.807) is 37.3 Å². The maximum atomic E-state index is 12.6. The van der Waals surface area contributed by atoms with Gasteiger partial charge in [-0.2, -0.15) is 0 Å². The summed E-state index contributed by atoms with van der Waals surface area (Å²) in [5.74, 6) is -0.166. The van der Waals surface area contributed by atoms with Gasteiger partial charge in [0.05, 0.1) is 17.3 Å². The zero-order chi connectivity index (χ0) is 21.8. The second-order valence-electron chi connectivity index (χ2n) is 7.06. The Morgan fingerprint density at radius 3 is 2.67 bits per heavy atom. The highest BCUT2D eigenvalue weighted by Crippen LogP contribution is 2.28. The Morgan fingerprint density at radius 1 is 1.20 bits per heavy atom. The van der Waals surface area contributed by atoms with Gasteiger partial charge in [0.2, 0.25) is 5.91 Å². The van der Waals surface area contributed by atoms with Gasteiger partial charge < -0.3 is 14.8 Å². The maximum Gasteiger partial charge on any atom is 0.336 e. The number of phenolic OH excluding ortho intramolecular Hbond substituents is 1. The van der Waals surface area contributed by atoms with Crippen molar-refractivity contribution >= 4 is 45.8 Å². The summed E-state index contributed by atoms with van der Waals surface area (Å²) in [5, 5.41) is 14.3. The van der Waals surface area contributed by atoms with Crippen LogP contribution in [0.1, 0.15) is 24.5 Å². The number of phenols is 1. The lowest BCUT2D eigenvalue weighted by Crippen LogP contribution is -2.33. The van der Waals surface area contributed by atoms with Crippen molar-refractivity contribution < 1.29 is 14.3 Å². The molecule has 3 rings (SSSR count). The molecule has 0 atom stereocenters. The van der Waals surface area contributed by atoms with E-state index < -0.39 is 5.63 Å². The highest BCUT2D eigenvalue weighted by atomic mass is 35.5. The lowest BCUT2D eigenvalue weighted by atomic mass is 10.1. The average molecular weight is 449 g/mol. The molecule has 2 aromatic carbocycles. The summed E-state index contributed by atoms with van der Waals surface area (Å²) in [6.07, 6.45) is 0.828. The molecule has 0 radical (unpaired) electrons. The molecule has 1 aromatic heterocycles. The van der Waals surface area contributed by atoms with Gasteiger partial charge in [0, 0.05) is 28.6 Å².